The van der Waals surface area contributed by atoms with E-state index < -0.39 is 11.7 Å². The van der Waals surface area contributed by atoms with Crippen molar-refractivity contribution < 1.29 is 17.9 Å². The lowest BCUT2D eigenvalue weighted by Gasteiger charge is -2.28. The molecule has 1 aliphatic rings. The van der Waals surface area contributed by atoms with Crippen molar-refractivity contribution in [1.29, 1.82) is 0 Å². The van der Waals surface area contributed by atoms with Gasteiger partial charge in [-0.25, -0.2) is 0 Å². The fraction of sp³-hybridized carbons (Fsp3) is 0.333. The van der Waals surface area contributed by atoms with Crippen LogP contribution < -0.4 is 10.1 Å². The lowest BCUT2D eigenvalue weighted by atomic mass is 9.77. The molecule has 122 valence electrons. The lowest BCUT2D eigenvalue weighted by Crippen LogP contribution is -2.25. The summed E-state index contributed by atoms with van der Waals surface area (Å²) in [6.45, 7) is 4.15. The molecular formula is C18H18F3NO. The van der Waals surface area contributed by atoms with Gasteiger partial charge < -0.3 is 10.1 Å². The van der Waals surface area contributed by atoms with Gasteiger partial charge in [0, 0.05) is 11.1 Å². The number of halogens is 3. The van der Waals surface area contributed by atoms with Gasteiger partial charge in [0.05, 0.1) is 18.7 Å². The fourth-order valence-corrected chi connectivity index (χ4v) is 3.17. The molecule has 0 radical (unpaired) electrons. The summed E-state index contributed by atoms with van der Waals surface area (Å²) in [5.41, 5.74) is 2.03. The van der Waals surface area contributed by atoms with E-state index in [1.165, 1.54) is 0 Å². The zero-order valence-electron chi connectivity index (χ0n) is 13.2. The first kappa shape index (κ1) is 15.7. The van der Waals surface area contributed by atoms with Gasteiger partial charge in [0.2, 0.25) is 0 Å². The molecule has 0 aromatic heterocycles. The molecule has 0 aliphatic carbocycles. The molecule has 0 fully saturated rings. The van der Waals surface area contributed by atoms with Crippen LogP contribution in [0.5, 0.6) is 5.75 Å². The SMILES string of the molecule is COc1ccc2c(c1)C(C)(C)C(c1ccc(C(F)(F)F)cc1)N2. The first-order valence-corrected chi connectivity index (χ1v) is 7.35. The van der Waals surface area contributed by atoms with Crippen LogP contribution in [-0.2, 0) is 11.6 Å². The van der Waals surface area contributed by atoms with E-state index in [1.54, 1.807) is 19.2 Å². The Labute approximate surface area is 133 Å². The van der Waals surface area contributed by atoms with Gasteiger partial charge in [-0.1, -0.05) is 26.0 Å². The highest BCUT2D eigenvalue weighted by Crippen LogP contribution is 2.49. The second-order valence-corrected chi connectivity index (χ2v) is 6.33. The average molecular weight is 321 g/mol. The van der Waals surface area contributed by atoms with Crippen molar-refractivity contribution in [3.63, 3.8) is 0 Å². The number of ether oxygens (including phenoxy) is 1. The maximum atomic E-state index is 12.7. The monoisotopic (exact) mass is 321 g/mol. The smallest absolute Gasteiger partial charge is 0.416 e. The molecule has 5 heteroatoms. The van der Waals surface area contributed by atoms with Crippen LogP contribution in [0.1, 0.15) is 36.6 Å². The van der Waals surface area contributed by atoms with Gasteiger partial charge in [-0.15, -0.1) is 0 Å². The molecule has 1 aliphatic heterocycles. The Kier molecular flexibility index (Phi) is 3.54. The standard InChI is InChI=1S/C18H18F3NO/c1-17(2)14-10-13(23-3)8-9-15(14)22-16(17)11-4-6-12(7-5-11)18(19,20)21/h4-10,16,22H,1-3H3. The molecule has 1 atom stereocenters. The van der Waals surface area contributed by atoms with E-state index in [9.17, 15) is 13.2 Å². The molecule has 2 nitrogen and oxygen atoms in total. The van der Waals surface area contributed by atoms with E-state index >= 15 is 0 Å². The summed E-state index contributed by atoms with van der Waals surface area (Å²) in [4.78, 5) is 0. The zero-order chi connectivity index (χ0) is 16.8. The third kappa shape index (κ3) is 2.64. The van der Waals surface area contributed by atoms with Crippen molar-refractivity contribution in [2.45, 2.75) is 31.5 Å². The molecule has 0 bridgehead atoms. The number of alkyl halides is 3. The second-order valence-electron chi connectivity index (χ2n) is 6.33. The Morgan fingerprint density at radius 1 is 1.04 bits per heavy atom. The number of rotatable bonds is 2. The number of hydrogen-bond acceptors (Lipinski definition) is 2. The van der Waals surface area contributed by atoms with E-state index in [4.69, 9.17) is 4.74 Å². The molecule has 0 amide bonds. The van der Waals surface area contributed by atoms with Crippen LogP contribution in [0.2, 0.25) is 0 Å². The highest BCUT2D eigenvalue weighted by molar-refractivity contribution is 5.65. The van der Waals surface area contributed by atoms with Gasteiger partial charge in [-0.05, 0) is 41.5 Å². The van der Waals surface area contributed by atoms with Crippen LogP contribution in [0.3, 0.4) is 0 Å². The number of methoxy groups -OCH3 is 1. The van der Waals surface area contributed by atoms with Gasteiger partial charge in [0.1, 0.15) is 5.75 Å². The van der Waals surface area contributed by atoms with Gasteiger partial charge in [-0.2, -0.15) is 13.2 Å². The van der Waals surface area contributed by atoms with Gasteiger partial charge in [-0.3, -0.25) is 0 Å². The number of nitrogens with one attached hydrogen (secondary N) is 1. The van der Waals surface area contributed by atoms with E-state index in [1.807, 2.05) is 18.2 Å². The summed E-state index contributed by atoms with van der Waals surface area (Å²) in [6, 6.07) is 11.1. The molecule has 3 rings (SSSR count). The highest BCUT2D eigenvalue weighted by atomic mass is 19.4. The first-order valence-electron chi connectivity index (χ1n) is 7.35. The van der Waals surface area contributed by atoms with Crippen molar-refractivity contribution in [2.75, 3.05) is 12.4 Å². The normalized spacial score (nSPS) is 19.1. The second kappa shape index (κ2) is 5.18. The molecule has 2 aromatic carbocycles. The molecular weight excluding hydrogens is 303 g/mol. The average Bonchev–Trinajstić information content (AvgIpc) is 2.77. The summed E-state index contributed by atoms with van der Waals surface area (Å²) in [5.74, 6) is 0.770. The lowest BCUT2D eigenvalue weighted by molar-refractivity contribution is -0.137. The van der Waals surface area contributed by atoms with E-state index in [-0.39, 0.29) is 11.5 Å². The van der Waals surface area contributed by atoms with E-state index in [0.29, 0.717) is 0 Å². The summed E-state index contributed by atoms with van der Waals surface area (Å²) >= 11 is 0. The summed E-state index contributed by atoms with van der Waals surface area (Å²) < 4.78 is 43.4. The quantitative estimate of drug-likeness (QED) is 0.825. The molecule has 0 saturated heterocycles. The number of anilines is 1. The molecule has 1 heterocycles. The van der Waals surface area contributed by atoms with E-state index in [0.717, 1.165) is 34.7 Å². The van der Waals surface area contributed by atoms with Crippen LogP contribution in [0.4, 0.5) is 18.9 Å². The van der Waals surface area contributed by atoms with Crippen molar-refractivity contribution in [2.24, 2.45) is 0 Å². The van der Waals surface area contributed by atoms with Crippen LogP contribution in [0.25, 0.3) is 0 Å². The highest BCUT2D eigenvalue weighted by Gasteiger charge is 2.40. The Hall–Kier alpha value is -2.17. The molecule has 0 saturated carbocycles. The molecule has 1 unspecified atom stereocenters. The van der Waals surface area contributed by atoms with Gasteiger partial charge >= 0.3 is 6.18 Å². The molecule has 0 spiro atoms. The largest absolute Gasteiger partial charge is 0.497 e. The maximum absolute atomic E-state index is 12.7. The Morgan fingerprint density at radius 2 is 1.70 bits per heavy atom. The van der Waals surface area contributed by atoms with Crippen molar-refractivity contribution in [1.82, 2.24) is 0 Å². The predicted molar refractivity (Wildman–Crippen MR) is 83.8 cm³/mol. The van der Waals surface area contributed by atoms with Gasteiger partial charge in [0.25, 0.3) is 0 Å². The van der Waals surface area contributed by atoms with Gasteiger partial charge in [0.15, 0.2) is 0 Å². The van der Waals surface area contributed by atoms with Crippen LogP contribution in [0, 0.1) is 0 Å². The Bertz CT molecular complexity index is 720. The molecule has 2 aromatic rings. The third-order valence-electron chi connectivity index (χ3n) is 4.51. The molecule has 23 heavy (non-hydrogen) atoms. The van der Waals surface area contributed by atoms with Crippen LogP contribution in [-0.4, -0.2) is 7.11 Å². The predicted octanol–water partition coefficient (Wildman–Crippen LogP) is 5.16. The van der Waals surface area contributed by atoms with Crippen molar-refractivity contribution >= 4 is 5.69 Å². The number of hydrogen-bond donors (Lipinski definition) is 1. The van der Waals surface area contributed by atoms with Crippen molar-refractivity contribution in [3.8, 4) is 5.75 Å². The topological polar surface area (TPSA) is 21.3 Å². The number of fused-ring (bicyclic) bond motifs is 1. The minimum atomic E-state index is -4.31. The summed E-state index contributed by atoms with van der Waals surface area (Å²) in [7, 11) is 1.62. The summed E-state index contributed by atoms with van der Waals surface area (Å²) in [6.07, 6.45) is -4.31. The first-order chi connectivity index (χ1) is 10.7. The van der Waals surface area contributed by atoms with E-state index in [2.05, 4.69) is 19.2 Å². The van der Waals surface area contributed by atoms with Crippen LogP contribution in [0.15, 0.2) is 42.5 Å². The Morgan fingerprint density at radius 3 is 2.26 bits per heavy atom. The van der Waals surface area contributed by atoms with Crippen LogP contribution >= 0.6 is 0 Å². The van der Waals surface area contributed by atoms with Crippen molar-refractivity contribution in [3.05, 3.63) is 59.2 Å². The minimum Gasteiger partial charge on any atom is -0.497 e. The minimum absolute atomic E-state index is 0.0908. The fourth-order valence-electron chi connectivity index (χ4n) is 3.17. The molecule has 1 N–H and O–H groups in total. The zero-order valence-corrected chi connectivity index (χ0v) is 13.2. The Balaban J connectivity index is 1.96. The maximum Gasteiger partial charge on any atom is 0.416 e. The number of benzene rings is 2. The third-order valence-corrected chi connectivity index (χ3v) is 4.51. The summed E-state index contributed by atoms with van der Waals surface area (Å²) in [5, 5.41) is 3.41.